The molecular formula is C22H46N8O9. The average Bonchev–Trinajstić information content (AvgIpc) is 2.91. The quantitative estimate of drug-likeness (QED) is 0.0816. The topological polar surface area (TPSA) is 316 Å². The zero-order chi connectivity index (χ0) is 28.9. The minimum absolute atomic E-state index is 0.00712. The van der Waals surface area contributed by atoms with Crippen LogP contribution < -0.4 is 39.3 Å². The van der Waals surface area contributed by atoms with Gasteiger partial charge in [-0.3, -0.25) is 5.41 Å². The first-order valence-corrected chi connectivity index (χ1v) is 13.2. The van der Waals surface area contributed by atoms with E-state index < -0.39 is 86.1 Å². The molecule has 2 saturated heterocycles. The number of rotatable bonds is 11. The summed E-state index contributed by atoms with van der Waals surface area (Å²) in [4.78, 5) is 0. The molecule has 1 saturated carbocycles. The van der Waals surface area contributed by atoms with Crippen molar-refractivity contribution < 1.29 is 44.5 Å². The summed E-state index contributed by atoms with van der Waals surface area (Å²) < 4.78 is 23.7. The van der Waals surface area contributed by atoms with Crippen LogP contribution in [-0.4, -0.2) is 143 Å². The van der Waals surface area contributed by atoms with Crippen molar-refractivity contribution >= 4 is 5.96 Å². The second kappa shape index (κ2) is 14.6. The van der Waals surface area contributed by atoms with Gasteiger partial charge >= 0.3 is 0 Å². The molecule has 3 fully saturated rings. The molecular weight excluding hydrogens is 520 g/mol. The predicted molar refractivity (Wildman–Crippen MR) is 137 cm³/mol. The van der Waals surface area contributed by atoms with Crippen LogP contribution in [0.15, 0.2) is 0 Å². The van der Waals surface area contributed by atoms with Gasteiger partial charge in [-0.05, 0) is 19.3 Å². The molecule has 0 bridgehead atoms. The molecule has 14 atom stereocenters. The molecule has 3 aliphatic rings. The van der Waals surface area contributed by atoms with E-state index in [0.717, 1.165) is 0 Å². The molecule has 39 heavy (non-hydrogen) atoms. The maximum atomic E-state index is 11.5. The zero-order valence-electron chi connectivity index (χ0n) is 21.8. The summed E-state index contributed by atoms with van der Waals surface area (Å²) in [6.07, 6.45) is -9.75. The molecule has 2 aliphatic heterocycles. The van der Waals surface area contributed by atoms with E-state index in [-0.39, 0.29) is 38.1 Å². The second-order valence-electron chi connectivity index (χ2n) is 10.4. The van der Waals surface area contributed by atoms with Gasteiger partial charge in [0.2, 0.25) is 0 Å². The lowest BCUT2D eigenvalue weighted by Crippen LogP contribution is -2.69. The van der Waals surface area contributed by atoms with E-state index in [9.17, 15) is 25.5 Å². The number of nitrogens with one attached hydrogen (secondary N) is 3. The fourth-order valence-corrected chi connectivity index (χ4v) is 5.20. The molecule has 17 heteroatoms. The van der Waals surface area contributed by atoms with E-state index in [4.69, 9.17) is 53.0 Å². The van der Waals surface area contributed by atoms with Crippen molar-refractivity contribution in [1.82, 2.24) is 10.6 Å². The van der Waals surface area contributed by atoms with Crippen molar-refractivity contribution in [3.63, 3.8) is 0 Å². The summed E-state index contributed by atoms with van der Waals surface area (Å²) in [5.74, 6) is -0.277. The van der Waals surface area contributed by atoms with Crippen LogP contribution in [0.4, 0.5) is 0 Å². The van der Waals surface area contributed by atoms with Crippen LogP contribution in [0.1, 0.15) is 19.3 Å². The SMILES string of the molecule is N=C(N)N[C@@H]1CC[C@@H](CN)O[C@@H]1OC1[C@@H](N)C[C@@H](NCC(O)CN)[C@H](O[C@H]2O[C@H](CO)[C@@H](O)[C@H](N)[C@H]2O)[C@H]1O. The van der Waals surface area contributed by atoms with Gasteiger partial charge in [-0.25, -0.2) is 0 Å². The summed E-state index contributed by atoms with van der Waals surface area (Å²) >= 11 is 0. The van der Waals surface area contributed by atoms with Crippen LogP contribution >= 0.6 is 0 Å². The number of aliphatic hydroxyl groups is 5. The van der Waals surface area contributed by atoms with E-state index in [2.05, 4.69) is 10.6 Å². The van der Waals surface area contributed by atoms with Gasteiger partial charge in [0.1, 0.15) is 36.6 Å². The Balaban J connectivity index is 1.82. The van der Waals surface area contributed by atoms with Gasteiger partial charge < -0.3 is 83.8 Å². The molecule has 228 valence electrons. The molecule has 0 radical (unpaired) electrons. The van der Waals surface area contributed by atoms with Crippen molar-refractivity contribution in [2.45, 2.75) is 105 Å². The van der Waals surface area contributed by atoms with Crippen molar-refractivity contribution in [2.24, 2.45) is 28.7 Å². The summed E-state index contributed by atoms with van der Waals surface area (Å²) in [5.41, 5.74) is 29.2. The molecule has 18 N–H and O–H groups in total. The van der Waals surface area contributed by atoms with Gasteiger partial charge in [-0.1, -0.05) is 0 Å². The normalized spacial score (nSPS) is 44.1. The van der Waals surface area contributed by atoms with Gasteiger partial charge in [-0.2, -0.15) is 0 Å². The van der Waals surface area contributed by atoms with E-state index in [1.807, 2.05) is 0 Å². The van der Waals surface area contributed by atoms with Crippen molar-refractivity contribution in [3.05, 3.63) is 0 Å². The average molecular weight is 567 g/mol. The Morgan fingerprint density at radius 2 is 1.67 bits per heavy atom. The molecule has 0 aromatic heterocycles. The Kier molecular flexibility index (Phi) is 12.0. The molecule has 3 rings (SSSR count). The lowest BCUT2D eigenvalue weighted by atomic mass is 9.83. The standard InChI is InChI=1S/C22H46N8O9/c23-4-8(32)6-29-12-3-10(25)18(38-20-11(30-22(27)28)2-1-9(5-24)36-20)17(35)19(12)39-21-16(34)14(26)15(33)13(7-31)37-21/h8-21,29,31-35H,1-7,23-26H2,(H4,27,28,30)/t8?,9-,10-,11+,12+,13+,14-,15+,16+,17-,18?,19-,20+,21+/m0/s1. The monoisotopic (exact) mass is 566 g/mol. The lowest BCUT2D eigenvalue weighted by molar-refractivity contribution is -0.314. The Morgan fingerprint density at radius 3 is 2.28 bits per heavy atom. The summed E-state index contributed by atoms with van der Waals surface area (Å²) in [7, 11) is 0. The molecule has 2 unspecified atom stereocenters. The van der Waals surface area contributed by atoms with Crippen LogP contribution in [0.25, 0.3) is 0 Å². The minimum Gasteiger partial charge on any atom is -0.394 e. The fourth-order valence-electron chi connectivity index (χ4n) is 5.20. The highest BCUT2D eigenvalue weighted by Crippen LogP contribution is 2.31. The molecule has 0 aromatic carbocycles. The predicted octanol–water partition coefficient (Wildman–Crippen LogP) is -6.79. The second-order valence-corrected chi connectivity index (χ2v) is 10.4. The largest absolute Gasteiger partial charge is 0.394 e. The first-order valence-electron chi connectivity index (χ1n) is 13.2. The zero-order valence-corrected chi connectivity index (χ0v) is 21.8. The van der Waals surface area contributed by atoms with Crippen LogP contribution in [0.2, 0.25) is 0 Å². The van der Waals surface area contributed by atoms with E-state index in [1.54, 1.807) is 0 Å². The molecule has 17 nitrogen and oxygen atoms in total. The van der Waals surface area contributed by atoms with E-state index >= 15 is 0 Å². The summed E-state index contributed by atoms with van der Waals surface area (Å²) in [5, 5.41) is 65.3. The Morgan fingerprint density at radius 1 is 0.974 bits per heavy atom. The van der Waals surface area contributed by atoms with Crippen molar-refractivity contribution in [2.75, 3.05) is 26.2 Å². The highest BCUT2D eigenvalue weighted by atomic mass is 16.7. The lowest BCUT2D eigenvalue weighted by Gasteiger charge is -2.48. The smallest absolute Gasteiger partial charge is 0.186 e. The summed E-state index contributed by atoms with van der Waals surface area (Å²) in [6, 6.07) is -3.09. The van der Waals surface area contributed by atoms with E-state index in [0.29, 0.717) is 12.8 Å². The highest BCUT2D eigenvalue weighted by Gasteiger charge is 2.50. The maximum absolute atomic E-state index is 11.5. The van der Waals surface area contributed by atoms with Gasteiger partial charge in [-0.15, -0.1) is 0 Å². The minimum atomic E-state index is -1.49. The number of hydrogen-bond acceptors (Lipinski definition) is 15. The Labute approximate surface area is 226 Å². The van der Waals surface area contributed by atoms with Crippen LogP contribution in [-0.2, 0) is 18.9 Å². The molecule has 2 heterocycles. The third-order valence-corrected chi connectivity index (χ3v) is 7.48. The van der Waals surface area contributed by atoms with Crippen LogP contribution in [0.3, 0.4) is 0 Å². The highest BCUT2D eigenvalue weighted by molar-refractivity contribution is 5.74. The number of nitrogens with two attached hydrogens (primary N) is 5. The summed E-state index contributed by atoms with van der Waals surface area (Å²) in [6.45, 7) is -0.289. The molecule has 0 amide bonds. The van der Waals surface area contributed by atoms with E-state index in [1.165, 1.54) is 0 Å². The van der Waals surface area contributed by atoms with Gasteiger partial charge in [0.15, 0.2) is 18.5 Å². The van der Waals surface area contributed by atoms with Gasteiger partial charge in [0.05, 0.1) is 30.9 Å². The first-order chi connectivity index (χ1) is 18.5. The first kappa shape index (κ1) is 32.2. The number of hydrogen-bond donors (Lipinski definition) is 13. The number of aliphatic hydroxyl groups excluding tert-OH is 5. The van der Waals surface area contributed by atoms with Crippen LogP contribution in [0.5, 0.6) is 0 Å². The molecule has 0 aromatic rings. The molecule has 1 aliphatic carbocycles. The Bertz CT molecular complexity index is 773. The number of ether oxygens (including phenoxy) is 4. The third-order valence-electron chi connectivity index (χ3n) is 7.48. The maximum Gasteiger partial charge on any atom is 0.186 e. The van der Waals surface area contributed by atoms with Gasteiger partial charge in [0.25, 0.3) is 0 Å². The Hall–Kier alpha value is -1.29. The number of guanidine groups is 1. The third kappa shape index (κ3) is 7.92. The van der Waals surface area contributed by atoms with Gasteiger partial charge in [0, 0.05) is 31.7 Å². The fraction of sp³-hybridized carbons (Fsp3) is 0.955. The van der Waals surface area contributed by atoms with Crippen molar-refractivity contribution in [1.29, 1.82) is 5.41 Å². The van der Waals surface area contributed by atoms with Crippen molar-refractivity contribution in [3.8, 4) is 0 Å². The van der Waals surface area contributed by atoms with Crippen LogP contribution in [0, 0.1) is 5.41 Å². The molecule has 0 spiro atoms.